The monoisotopic (exact) mass is 262 g/mol. The molecule has 2 aliphatic rings. The molecule has 0 bridgehead atoms. The molecule has 0 aromatic rings. The van der Waals surface area contributed by atoms with Crippen LogP contribution in [0.15, 0.2) is 0 Å². The molecule has 0 aromatic carbocycles. The zero-order valence-electron chi connectivity index (χ0n) is 10.4. The number of piperidine rings is 1. The fourth-order valence-electron chi connectivity index (χ4n) is 2.46. The van der Waals surface area contributed by atoms with Crippen LogP contribution >= 0.6 is 0 Å². The summed E-state index contributed by atoms with van der Waals surface area (Å²) in [5.41, 5.74) is -0.241. The third kappa shape index (κ3) is 2.99. The van der Waals surface area contributed by atoms with E-state index < -0.39 is 10.0 Å². The van der Waals surface area contributed by atoms with Gasteiger partial charge in [-0.3, -0.25) is 0 Å². The van der Waals surface area contributed by atoms with E-state index in [0.717, 1.165) is 38.6 Å². The van der Waals surface area contributed by atoms with Gasteiger partial charge in [0.05, 0.1) is 10.9 Å². The lowest BCUT2D eigenvalue weighted by Crippen LogP contribution is -2.52. The van der Waals surface area contributed by atoms with Crippen LogP contribution in [0.5, 0.6) is 0 Å². The molecule has 0 radical (unpaired) electrons. The van der Waals surface area contributed by atoms with Crippen LogP contribution in [0.3, 0.4) is 0 Å². The molecule has 5 nitrogen and oxygen atoms in total. The average molecular weight is 262 g/mol. The zero-order chi connectivity index (χ0) is 12.4. The Hall–Kier alpha value is -0.170. The minimum atomic E-state index is -3.20. The molecule has 2 N–H and O–H groups in total. The molecule has 1 unspecified atom stereocenters. The fourth-order valence-corrected chi connectivity index (χ4v) is 3.97. The summed E-state index contributed by atoms with van der Waals surface area (Å²) < 4.78 is 32.3. The SMILES string of the molecule is COC1(CNS(=O)(=O)C2CCCNC2)CCC1. The molecule has 17 heavy (non-hydrogen) atoms. The molecule has 1 saturated carbocycles. The lowest BCUT2D eigenvalue weighted by atomic mass is 9.80. The molecule has 1 aliphatic carbocycles. The average Bonchev–Trinajstić information content (AvgIpc) is 2.29. The van der Waals surface area contributed by atoms with Gasteiger partial charge in [0.1, 0.15) is 0 Å². The summed E-state index contributed by atoms with van der Waals surface area (Å²) in [7, 11) is -1.53. The van der Waals surface area contributed by atoms with Crippen molar-refractivity contribution in [2.75, 3.05) is 26.7 Å². The van der Waals surface area contributed by atoms with Crippen molar-refractivity contribution in [2.45, 2.75) is 43.0 Å². The summed E-state index contributed by atoms with van der Waals surface area (Å²) in [4.78, 5) is 0. The number of sulfonamides is 1. The van der Waals surface area contributed by atoms with Crippen LogP contribution in [-0.4, -0.2) is 46.0 Å². The summed E-state index contributed by atoms with van der Waals surface area (Å²) in [6.45, 7) is 1.91. The number of hydrogen-bond acceptors (Lipinski definition) is 4. The molecule has 0 aromatic heterocycles. The number of methoxy groups -OCH3 is 1. The molecule has 0 amide bonds. The van der Waals surface area contributed by atoms with Crippen molar-refractivity contribution in [1.29, 1.82) is 0 Å². The van der Waals surface area contributed by atoms with Gasteiger partial charge in [0.25, 0.3) is 0 Å². The molecule has 100 valence electrons. The Morgan fingerprint density at radius 1 is 1.41 bits per heavy atom. The highest BCUT2D eigenvalue weighted by atomic mass is 32.2. The molecule has 1 saturated heterocycles. The van der Waals surface area contributed by atoms with Crippen molar-refractivity contribution >= 4 is 10.0 Å². The van der Waals surface area contributed by atoms with E-state index in [9.17, 15) is 8.42 Å². The van der Waals surface area contributed by atoms with Crippen LogP contribution in [0.2, 0.25) is 0 Å². The third-order valence-corrected chi connectivity index (χ3v) is 5.81. The first-order valence-electron chi connectivity index (χ1n) is 6.32. The lowest BCUT2D eigenvalue weighted by molar-refractivity contribution is -0.0659. The first kappa shape index (κ1) is 13.3. The Balaban J connectivity index is 1.88. The minimum absolute atomic E-state index is 0.241. The fraction of sp³-hybridized carbons (Fsp3) is 1.00. The molecular formula is C11H22N2O3S. The van der Waals surface area contributed by atoms with E-state index in [0.29, 0.717) is 13.1 Å². The van der Waals surface area contributed by atoms with Crippen molar-refractivity contribution in [3.05, 3.63) is 0 Å². The Bertz CT molecular complexity index is 340. The van der Waals surface area contributed by atoms with Crippen LogP contribution in [-0.2, 0) is 14.8 Å². The first-order chi connectivity index (χ1) is 8.08. The lowest BCUT2D eigenvalue weighted by Gasteiger charge is -2.40. The Morgan fingerprint density at radius 3 is 2.65 bits per heavy atom. The van der Waals surface area contributed by atoms with Gasteiger partial charge < -0.3 is 10.1 Å². The second-order valence-corrected chi connectivity index (χ2v) is 7.12. The number of hydrogen-bond donors (Lipinski definition) is 2. The molecule has 2 fully saturated rings. The second kappa shape index (κ2) is 5.22. The van der Waals surface area contributed by atoms with Gasteiger partial charge in [0, 0.05) is 20.2 Å². The summed E-state index contributed by atoms with van der Waals surface area (Å²) in [6, 6.07) is 0. The first-order valence-corrected chi connectivity index (χ1v) is 7.87. The zero-order valence-corrected chi connectivity index (χ0v) is 11.2. The van der Waals surface area contributed by atoms with Gasteiger partial charge in [-0.1, -0.05) is 0 Å². The maximum Gasteiger partial charge on any atom is 0.215 e. The minimum Gasteiger partial charge on any atom is -0.377 e. The summed E-state index contributed by atoms with van der Waals surface area (Å²) in [5.74, 6) is 0. The van der Waals surface area contributed by atoms with Gasteiger partial charge in [0.15, 0.2) is 0 Å². The van der Waals surface area contributed by atoms with Gasteiger partial charge in [-0.2, -0.15) is 0 Å². The largest absolute Gasteiger partial charge is 0.377 e. The highest BCUT2D eigenvalue weighted by Gasteiger charge is 2.39. The molecular weight excluding hydrogens is 240 g/mol. The van der Waals surface area contributed by atoms with E-state index in [-0.39, 0.29) is 10.9 Å². The molecule has 1 heterocycles. The van der Waals surface area contributed by atoms with E-state index in [4.69, 9.17) is 4.74 Å². The topological polar surface area (TPSA) is 67.4 Å². The molecule has 2 rings (SSSR count). The smallest absolute Gasteiger partial charge is 0.215 e. The number of ether oxygens (including phenoxy) is 1. The predicted molar refractivity (Wildman–Crippen MR) is 66.4 cm³/mol. The Labute approximate surface area is 103 Å². The standard InChI is InChI=1S/C11H22N2O3S/c1-16-11(5-3-6-11)9-13-17(14,15)10-4-2-7-12-8-10/h10,12-13H,2-9H2,1H3. The van der Waals surface area contributed by atoms with Crippen LogP contribution in [0.4, 0.5) is 0 Å². The molecule has 6 heteroatoms. The molecule has 1 atom stereocenters. The van der Waals surface area contributed by atoms with Gasteiger partial charge in [-0.15, -0.1) is 0 Å². The second-order valence-electron chi connectivity index (χ2n) is 5.08. The Morgan fingerprint density at radius 2 is 2.18 bits per heavy atom. The van der Waals surface area contributed by atoms with Gasteiger partial charge in [0.2, 0.25) is 10.0 Å². The summed E-state index contributed by atoms with van der Waals surface area (Å²) >= 11 is 0. The van der Waals surface area contributed by atoms with Crippen molar-refractivity contribution in [2.24, 2.45) is 0 Å². The van der Waals surface area contributed by atoms with Crippen molar-refractivity contribution in [1.82, 2.24) is 10.0 Å². The van der Waals surface area contributed by atoms with Gasteiger partial charge in [-0.25, -0.2) is 13.1 Å². The van der Waals surface area contributed by atoms with Gasteiger partial charge in [-0.05, 0) is 38.6 Å². The van der Waals surface area contributed by atoms with Crippen molar-refractivity contribution in [3.8, 4) is 0 Å². The predicted octanol–water partition coefficient (Wildman–Crippen LogP) is 0.227. The molecule has 1 aliphatic heterocycles. The maximum absolute atomic E-state index is 12.1. The highest BCUT2D eigenvalue weighted by molar-refractivity contribution is 7.90. The van der Waals surface area contributed by atoms with E-state index in [1.165, 1.54) is 0 Å². The van der Waals surface area contributed by atoms with E-state index in [2.05, 4.69) is 10.0 Å². The number of nitrogens with one attached hydrogen (secondary N) is 2. The van der Waals surface area contributed by atoms with Crippen LogP contribution in [0.25, 0.3) is 0 Å². The summed E-state index contributed by atoms with van der Waals surface area (Å²) in [6.07, 6.45) is 4.72. The van der Waals surface area contributed by atoms with Crippen molar-refractivity contribution < 1.29 is 13.2 Å². The maximum atomic E-state index is 12.1. The molecule has 0 spiro atoms. The number of rotatable bonds is 5. The van der Waals surface area contributed by atoms with E-state index in [1.807, 2.05) is 0 Å². The van der Waals surface area contributed by atoms with Crippen LogP contribution < -0.4 is 10.0 Å². The highest BCUT2D eigenvalue weighted by Crippen LogP contribution is 2.34. The van der Waals surface area contributed by atoms with E-state index in [1.54, 1.807) is 7.11 Å². The normalized spacial score (nSPS) is 28.6. The van der Waals surface area contributed by atoms with Crippen LogP contribution in [0.1, 0.15) is 32.1 Å². The van der Waals surface area contributed by atoms with E-state index >= 15 is 0 Å². The summed E-state index contributed by atoms with van der Waals surface area (Å²) in [5, 5.41) is 2.84. The third-order valence-electron chi connectivity index (χ3n) is 3.98. The van der Waals surface area contributed by atoms with Crippen molar-refractivity contribution in [3.63, 3.8) is 0 Å². The Kier molecular flexibility index (Phi) is 4.07. The van der Waals surface area contributed by atoms with Crippen LogP contribution in [0, 0.1) is 0 Å². The van der Waals surface area contributed by atoms with Gasteiger partial charge >= 0.3 is 0 Å². The quantitative estimate of drug-likeness (QED) is 0.744.